The van der Waals surface area contributed by atoms with Gasteiger partial charge in [-0.05, 0) is 38.5 Å². The van der Waals surface area contributed by atoms with E-state index in [9.17, 15) is 10.2 Å². The third-order valence-corrected chi connectivity index (χ3v) is 3.78. The lowest BCUT2D eigenvalue weighted by molar-refractivity contribution is -0.101. The number of aliphatic hydroxyl groups is 2. The molecule has 20 heavy (non-hydrogen) atoms. The smallest absolute Gasteiger partial charge is 0.0988 e. The number of hydrogen-bond donors (Lipinski definition) is 2. The molecule has 0 saturated carbocycles. The number of anilines is 1. The summed E-state index contributed by atoms with van der Waals surface area (Å²) in [6.07, 6.45) is -0.751. The first-order valence-corrected chi connectivity index (χ1v) is 7.21. The van der Waals surface area contributed by atoms with Gasteiger partial charge in [-0.3, -0.25) is 0 Å². The highest BCUT2D eigenvalue weighted by Gasteiger charge is 2.33. The highest BCUT2D eigenvalue weighted by atomic mass is 35.5. The van der Waals surface area contributed by atoms with Gasteiger partial charge in [0.25, 0.3) is 0 Å². The Morgan fingerprint density at radius 1 is 1.50 bits per heavy atom. The van der Waals surface area contributed by atoms with E-state index < -0.39 is 6.10 Å². The van der Waals surface area contributed by atoms with Crippen molar-refractivity contribution >= 4 is 17.3 Å². The Morgan fingerprint density at radius 2 is 2.20 bits per heavy atom. The van der Waals surface area contributed by atoms with Crippen LogP contribution in [0.3, 0.4) is 0 Å². The van der Waals surface area contributed by atoms with Crippen LogP contribution in [-0.2, 0) is 4.74 Å². The molecule has 0 spiro atoms. The summed E-state index contributed by atoms with van der Waals surface area (Å²) in [6, 6.07) is 5.58. The molecule has 1 heterocycles. The molecule has 5 heteroatoms. The minimum atomic E-state index is -0.534. The lowest BCUT2D eigenvalue weighted by Crippen LogP contribution is -2.54. The normalized spacial score (nSPS) is 23.7. The van der Waals surface area contributed by atoms with Crippen LogP contribution in [0, 0.1) is 0 Å². The van der Waals surface area contributed by atoms with Gasteiger partial charge >= 0.3 is 0 Å². The number of rotatable bonds is 3. The lowest BCUT2D eigenvalue weighted by atomic mass is 10.0. The van der Waals surface area contributed by atoms with Gasteiger partial charge in [0.1, 0.15) is 0 Å². The van der Waals surface area contributed by atoms with E-state index >= 15 is 0 Å². The molecule has 0 aliphatic carbocycles. The van der Waals surface area contributed by atoms with E-state index in [1.54, 1.807) is 13.0 Å². The van der Waals surface area contributed by atoms with E-state index in [2.05, 4.69) is 4.90 Å². The largest absolute Gasteiger partial charge is 0.394 e. The highest BCUT2D eigenvalue weighted by Crippen LogP contribution is 2.33. The fourth-order valence-electron chi connectivity index (χ4n) is 2.61. The van der Waals surface area contributed by atoms with Crippen molar-refractivity contribution in [2.24, 2.45) is 0 Å². The van der Waals surface area contributed by atoms with Crippen LogP contribution >= 0.6 is 11.6 Å². The molecule has 0 amide bonds. The quantitative estimate of drug-likeness (QED) is 0.900. The zero-order valence-corrected chi connectivity index (χ0v) is 12.9. The Hall–Kier alpha value is -0.810. The lowest BCUT2D eigenvalue weighted by Gasteiger charge is -2.43. The standard InChI is InChI=1S/C15H22ClNO3/c1-10(19)11-4-5-14(13(16)6-11)17-7-12(8-18)20-15(2,3)9-17/h4-6,10,12,18-19H,7-9H2,1-3H3. The number of aliphatic hydroxyl groups excluding tert-OH is 2. The average Bonchev–Trinajstić information content (AvgIpc) is 2.36. The summed E-state index contributed by atoms with van der Waals surface area (Å²) in [5, 5.41) is 19.6. The zero-order valence-electron chi connectivity index (χ0n) is 12.1. The van der Waals surface area contributed by atoms with Crippen LogP contribution in [0.4, 0.5) is 5.69 Å². The van der Waals surface area contributed by atoms with Gasteiger partial charge in [-0.15, -0.1) is 0 Å². The molecule has 1 aliphatic rings. The van der Waals surface area contributed by atoms with Crippen LogP contribution in [0.25, 0.3) is 0 Å². The predicted molar refractivity (Wildman–Crippen MR) is 80.3 cm³/mol. The summed E-state index contributed by atoms with van der Waals surface area (Å²) in [4.78, 5) is 2.12. The number of morpholine rings is 1. The molecule has 1 aliphatic heterocycles. The second-order valence-electron chi connectivity index (χ2n) is 5.95. The van der Waals surface area contributed by atoms with Gasteiger partial charge in [0.15, 0.2) is 0 Å². The minimum absolute atomic E-state index is 0.0106. The Kier molecular flexibility index (Phi) is 4.59. The molecule has 1 aromatic rings. The van der Waals surface area contributed by atoms with E-state index in [1.165, 1.54) is 0 Å². The van der Waals surface area contributed by atoms with Gasteiger partial charge in [-0.25, -0.2) is 0 Å². The van der Waals surface area contributed by atoms with Crippen molar-refractivity contribution in [3.8, 4) is 0 Å². The van der Waals surface area contributed by atoms with Crippen LogP contribution in [0.15, 0.2) is 18.2 Å². The molecule has 4 nitrogen and oxygen atoms in total. The highest BCUT2D eigenvalue weighted by molar-refractivity contribution is 6.33. The van der Waals surface area contributed by atoms with Gasteiger partial charge < -0.3 is 19.8 Å². The molecular weight excluding hydrogens is 278 g/mol. The molecule has 2 atom stereocenters. The molecule has 1 fully saturated rings. The average molecular weight is 300 g/mol. The number of halogens is 1. The van der Waals surface area contributed by atoms with Crippen LogP contribution < -0.4 is 4.90 Å². The Morgan fingerprint density at radius 3 is 2.75 bits per heavy atom. The molecule has 0 radical (unpaired) electrons. The van der Waals surface area contributed by atoms with Gasteiger partial charge in [-0.2, -0.15) is 0 Å². The number of benzene rings is 1. The first-order valence-electron chi connectivity index (χ1n) is 6.83. The first-order chi connectivity index (χ1) is 9.32. The maximum atomic E-state index is 9.59. The Balaban J connectivity index is 2.26. The summed E-state index contributed by atoms with van der Waals surface area (Å²) in [6.45, 7) is 7.01. The molecule has 2 N–H and O–H groups in total. The van der Waals surface area contributed by atoms with Crippen molar-refractivity contribution < 1.29 is 14.9 Å². The number of ether oxygens (including phenoxy) is 1. The van der Waals surface area contributed by atoms with Gasteiger partial charge in [0.2, 0.25) is 0 Å². The van der Waals surface area contributed by atoms with E-state index in [1.807, 2.05) is 26.0 Å². The molecule has 0 bridgehead atoms. The second-order valence-corrected chi connectivity index (χ2v) is 6.36. The fourth-order valence-corrected chi connectivity index (χ4v) is 2.92. The third kappa shape index (κ3) is 3.44. The predicted octanol–water partition coefficient (Wildman–Crippen LogP) is 2.37. The van der Waals surface area contributed by atoms with Crippen molar-refractivity contribution in [3.63, 3.8) is 0 Å². The monoisotopic (exact) mass is 299 g/mol. The fraction of sp³-hybridized carbons (Fsp3) is 0.600. The maximum Gasteiger partial charge on any atom is 0.0988 e. The number of hydrogen-bond acceptors (Lipinski definition) is 4. The van der Waals surface area contributed by atoms with Gasteiger partial charge in [0.05, 0.1) is 35.1 Å². The van der Waals surface area contributed by atoms with E-state index in [0.717, 1.165) is 11.3 Å². The summed E-state index contributed by atoms with van der Waals surface area (Å²) >= 11 is 6.33. The van der Waals surface area contributed by atoms with Crippen LogP contribution in [0.5, 0.6) is 0 Å². The van der Waals surface area contributed by atoms with Gasteiger partial charge in [0, 0.05) is 13.1 Å². The Labute approximate surface area is 124 Å². The van der Waals surface area contributed by atoms with Crippen molar-refractivity contribution in [1.82, 2.24) is 0 Å². The minimum Gasteiger partial charge on any atom is -0.394 e. The molecule has 2 unspecified atom stereocenters. The maximum absolute atomic E-state index is 9.59. The topological polar surface area (TPSA) is 52.9 Å². The Bertz CT molecular complexity index is 476. The summed E-state index contributed by atoms with van der Waals surface area (Å²) < 4.78 is 5.80. The molecule has 0 aromatic heterocycles. The van der Waals surface area contributed by atoms with Crippen LogP contribution in [0.2, 0.25) is 5.02 Å². The summed E-state index contributed by atoms with van der Waals surface area (Å²) in [5.41, 5.74) is 1.37. The van der Waals surface area contributed by atoms with Crippen molar-refractivity contribution in [2.75, 3.05) is 24.6 Å². The number of nitrogens with zero attached hydrogens (tertiary/aromatic N) is 1. The van der Waals surface area contributed by atoms with Crippen LogP contribution in [-0.4, -0.2) is 41.6 Å². The van der Waals surface area contributed by atoms with E-state index in [4.69, 9.17) is 16.3 Å². The van der Waals surface area contributed by atoms with Crippen molar-refractivity contribution in [2.45, 2.75) is 38.6 Å². The molecule has 2 rings (SSSR count). The van der Waals surface area contributed by atoms with Crippen LogP contribution in [0.1, 0.15) is 32.4 Å². The molecule has 112 valence electrons. The molecule has 1 aromatic carbocycles. The van der Waals surface area contributed by atoms with E-state index in [-0.39, 0.29) is 18.3 Å². The van der Waals surface area contributed by atoms with Crippen molar-refractivity contribution in [1.29, 1.82) is 0 Å². The zero-order chi connectivity index (χ0) is 14.9. The van der Waals surface area contributed by atoms with Gasteiger partial charge in [-0.1, -0.05) is 17.7 Å². The van der Waals surface area contributed by atoms with Crippen molar-refractivity contribution in [3.05, 3.63) is 28.8 Å². The SMILES string of the molecule is CC(O)c1ccc(N2CC(CO)OC(C)(C)C2)c(Cl)c1. The summed E-state index contributed by atoms with van der Waals surface area (Å²) in [5.74, 6) is 0. The molecular formula is C15H22ClNO3. The van der Waals surface area contributed by atoms with E-state index in [0.29, 0.717) is 18.1 Å². The second kappa shape index (κ2) is 5.90. The summed E-state index contributed by atoms with van der Waals surface area (Å²) in [7, 11) is 0. The molecule has 1 saturated heterocycles. The third-order valence-electron chi connectivity index (χ3n) is 3.48. The first kappa shape index (κ1) is 15.6.